The maximum absolute atomic E-state index is 13.2. The lowest BCUT2D eigenvalue weighted by atomic mass is 9.96. The van der Waals surface area contributed by atoms with Crippen LogP contribution >= 0.6 is 0 Å². The van der Waals surface area contributed by atoms with E-state index in [1.165, 1.54) is 7.11 Å². The van der Waals surface area contributed by atoms with Gasteiger partial charge >= 0.3 is 6.18 Å². The van der Waals surface area contributed by atoms with Crippen molar-refractivity contribution < 1.29 is 17.9 Å². The van der Waals surface area contributed by atoms with Gasteiger partial charge in [-0.25, -0.2) is 4.98 Å². The molecule has 1 aromatic carbocycles. The van der Waals surface area contributed by atoms with Gasteiger partial charge in [0.05, 0.1) is 12.8 Å². The third-order valence-corrected chi connectivity index (χ3v) is 4.32. The highest BCUT2D eigenvalue weighted by atomic mass is 19.4. The number of hydrogen-bond donors (Lipinski definition) is 2. The number of nitrogens with one attached hydrogen (secondary N) is 2. The molecule has 26 heavy (non-hydrogen) atoms. The monoisotopic (exact) mass is 366 g/mol. The van der Waals surface area contributed by atoms with Crippen LogP contribution in [0.25, 0.3) is 0 Å². The van der Waals surface area contributed by atoms with E-state index < -0.39 is 11.9 Å². The summed E-state index contributed by atoms with van der Waals surface area (Å²) in [5.41, 5.74) is -0.450. The van der Waals surface area contributed by atoms with Crippen molar-refractivity contribution >= 4 is 17.5 Å². The van der Waals surface area contributed by atoms with Gasteiger partial charge in [-0.1, -0.05) is 31.4 Å². The van der Waals surface area contributed by atoms with Crippen LogP contribution in [0.5, 0.6) is 5.75 Å². The molecule has 0 saturated heterocycles. The van der Waals surface area contributed by atoms with E-state index in [-0.39, 0.29) is 17.8 Å². The lowest BCUT2D eigenvalue weighted by Gasteiger charge is -2.23. The molecule has 5 nitrogen and oxygen atoms in total. The van der Waals surface area contributed by atoms with E-state index in [0.29, 0.717) is 11.4 Å². The predicted molar refractivity (Wildman–Crippen MR) is 93.8 cm³/mol. The van der Waals surface area contributed by atoms with E-state index in [1.807, 2.05) is 0 Å². The molecule has 0 atom stereocenters. The highest BCUT2D eigenvalue weighted by Gasteiger charge is 2.34. The first-order valence-electron chi connectivity index (χ1n) is 8.58. The molecule has 2 aromatic rings. The van der Waals surface area contributed by atoms with E-state index in [4.69, 9.17) is 4.74 Å². The fraction of sp³-hybridized carbons (Fsp3) is 0.444. The first-order valence-corrected chi connectivity index (χ1v) is 8.58. The van der Waals surface area contributed by atoms with Gasteiger partial charge in [-0.05, 0) is 25.0 Å². The van der Waals surface area contributed by atoms with Crippen LogP contribution in [0.2, 0.25) is 0 Å². The third kappa shape index (κ3) is 4.56. The first-order chi connectivity index (χ1) is 12.5. The number of anilines is 3. The summed E-state index contributed by atoms with van der Waals surface area (Å²) < 4.78 is 44.9. The molecule has 1 saturated carbocycles. The summed E-state index contributed by atoms with van der Waals surface area (Å²) >= 11 is 0. The summed E-state index contributed by atoms with van der Waals surface area (Å²) in [6, 6.07) is 7.97. The van der Waals surface area contributed by atoms with Crippen molar-refractivity contribution in [3.63, 3.8) is 0 Å². The highest BCUT2D eigenvalue weighted by molar-refractivity contribution is 5.64. The van der Waals surface area contributed by atoms with Crippen LogP contribution in [0.3, 0.4) is 0 Å². The second-order valence-electron chi connectivity index (χ2n) is 6.26. The molecule has 3 rings (SSSR count). The van der Waals surface area contributed by atoms with Gasteiger partial charge < -0.3 is 15.4 Å². The van der Waals surface area contributed by atoms with Gasteiger partial charge in [0.2, 0.25) is 5.95 Å². The zero-order valence-electron chi connectivity index (χ0n) is 14.4. The minimum absolute atomic E-state index is 0.0101. The molecule has 8 heteroatoms. The molecule has 0 amide bonds. The molecule has 0 unspecified atom stereocenters. The maximum atomic E-state index is 13.2. The molecule has 1 fully saturated rings. The number of halogens is 3. The number of hydrogen-bond acceptors (Lipinski definition) is 5. The molecule has 0 bridgehead atoms. The van der Waals surface area contributed by atoms with Crippen LogP contribution in [-0.4, -0.2) is 23.1 Å². The molecule has 1 heterocycles. The number of aromatic nitrogens is 2. The molecule has 1 aliphatic carbocycles. The standard InChI is InChI=1S/C18H21F3N4O/c1-26-14-10-6-5-9-13(14)23-16-11-15(18(19,20)21)24-17(25-16)22-12-7-3-2-4-8-12/h5-6,9-12H,2-4,7-8H2,1H3,(H2,22,23,24,25). The van der Waals surface area contributed by atoms with E-state index in [2.05, 4.69) is 20.6 Å². The zero-order chi connectivity index (χ0) is 18.6. The van der Waals surface area contributed by atoms with E-state index in [1.54, 1.807) is 24.3 Å². The Balaban J connectivity index is 1.89. The second kappa shape index (κ2) is 7.80. The number of nitrogens with zero attached hydrogens (tertiary/aromatic N) is 2. The maximum Gasteiger partial charge on any atom is 0.433 e. The predicted octanol–water partition coefficient (Wildman–Crippen LogP) is 4.99. The van der Waals surface area contributed by atoms with Crippen LogP contribution in [0, 0.1) is 0 Å². The summed E-state index contributed by atoms with van der Waals surface area (Å²) in [5, 5.41) is 5.95. The largest absolute Gasteiger partial charge is 0.495 e. The van der Waals surface area contributed by atoms with Gasteiger partial charge in [0.25, 0.3) is 0 Å². The lowest BCUT2D eigenvalue weighted by molar-refractivity contribution is -0.141. The Morgan fingerprint density at radius 2 is 1.81 bits per heavy atom. The second-order valence-corrected chi connectivity index (χ2v) is 6.26. The van der Waals surface area contributed by atoms with Gasteiger partial charge in [-0.2, -0.15) is 18.2 Å². The Morgan fingerprint density at radius 3 is 2.50 bits per heavy atom. The van der Waals surface area contributed by atoms with Gasteiger partial charge in [0.1, 0.15) is 11.6 Å². The minimum Gasteiger partial charge on any atom is -0.495 e. The Morgan fingerprint density at radius 1 is 1.08 bits per heavy atom. The smallest absolute Gasteiger partial charge is 0.433 e. The Bertz CT molecular complexity index is 745. The van der Waals surface area contributed by atoms with Crippen molar-refractivity contribution in [1.29, 1.82) is 0 Å². The molecular weight excluding hydrogens is 345 g/mol. The fourth-order valence-corrected chi connectivity index (χ4v) is 3.04. The van der Waals surface area contributed by atoms with E-state index >= 15 is 0 Å². The molecular formula is C18H21F3N4O. The van der Waals surface area contributed by atoms with Crippen LogP contribution in [0.4, 0.5) is 30.6 Å². The number of methoxy groups -OCH3 is 1. The number of ether oxygens (including phenoxy) is 1. The molecule has 1 aliphatic rings. The van der Waals surface area contributed by atoms with Crippen molar-refractivity contribution in [3.8, 4) is 5.75 Å². The van der Waals surface area contributed by atoms with Crippen molar-refractivity contribution in [2.75, 3.05) is 17.7 Å². The number of benzene rings is 1. The summed E-state index contributed by atoms with van der Waals surface area (Å²) in [6.45, 7) is 0. The quantitative estimate of drug-likeness (QED) is 0.780. The normalized spacial score (nSPS) is 15.5. The summed E-state index contributed by atoms with van der Waals surface area (Å²) in [6.07, 6.45) is 0.543. The topological polar surface area (TPSA) is 59.1 Å². The molecule has 0 spiro atoms. The Kier molecular flexibility index (Phi) is 5.49. The van der Waals surface area contributed by atoms with Crippen molar-refractivity contribution in [1.82, 2.24) is 9.97 Å². The molecule has 0 radical (unpaired) electrons. The Hall–Kier alpha value is -2.51. The van der Waals surface area contributed by atoms with Gasteiger partial charge in [0.15, 0.2) is 5.69 Å². The number of rotatable bonds is 5. The average molecular weight is 366 g/mol. The molecule has 1 aromatic heterocycles. The average Bonchev–Trinajstić information content (AvgIpc) is 2.62. The highest BCUT2D eigenvalue weighted by Crippen LogP contribution is 2.32. The minimum atomic E-state index is -4.55. The third-order valence-electron chi connectivity index (χ3n) is 4.32. The van der Waals surface area contributed by atoms with Crippen molar-refractivity contribution in [2.45, 2.75) is 44.3 Å². The van der Waals surface area contributed by atoms with Crippen LogP contribution < -0.4 is 15.4 Å². The summed E-state index contributed by atoms with van der Waals surface area (Å²) in [5.74, 6) is 0.570. The Labute approximate surface area is 150 Å². The summed E-state index contributed by atoms with van der Waals surface area (Å²) in [4.78, 5) is 7.89. The van der Waals surface area contributed by atoms with Gasteiger partial charge in [0, 0.05) is 12.1 Å². The van der Waals surface area contributed by atoms with Crippen LogP contribution in [-0.2, 0) is 6.18 Å². The number of alkyl halides is 3. The van der Waals surface area contributed by atoms with Gasteiger partial charge in [-0.15, -0.1) is 0 Å². The van der Waals surface area contributed by atoms with Crippen LogP contribution in [0.1, 0.15) is 37.8 Å². The lowest BCUT2D eigenvalue weighted by Crippen LogP contribution is -2.24. The first kappa shape index (κ1) is 18.3. The molecule has 2 N–H and O–H groups in total. The van der Waals surface area contributed by atoms with E-state index in [0.717, 1.165) is 38.2 Å². The fourth-order valence-electron chi connectivity index (χ4n) is 3.04. The van der Waals surface area contributed by atoms with Crippen LogP contribution in [0.15, 0.2) is 30.3 Å². The zero-order valence-corrected chi connectivity index (χ0v) is 14.4. The molecule has 140 valence electrons. The number of para-hydroxylation sites is 2. The van der Waals surface area contributed by atoms with Crippen molar-refractivity contribution in [3.05, 3.63) is 36.0 Å². The van der Waals surface area contributed by atoms with Gasteiger partial charge in [-0.3, -0.25) is 0 Å². The summed E-state index contributed by atoms with van der Waals surface area (Å²) in [7, 11) is 1.50. The SMILES string of the molecule is COc1ccccc1Nc1cc(C(F)(F)F)nc(NC2CCCCC2)n1. The van der Waals surface area contributed by atoms with Crippen molar-refractivity contribution in [2.24, 2.45) is 0 Å². The molecule has 0 aliphatic heterocycles. The van der Waals surface area contributed by atoms with E-state index in [9.17, 15) is 13.2 Å².